The average Bonchev–Trinajstić information content (AvgIpc) is 3.22. The fourth-order valence-corrected chi connectivity index (χ4v) is 3.29. The van der Waals surface area contributed by atoms with Crippen molar-refractivity contribution in [3.05, 3.63) is 41.2 Å². The topological polar surface area (TPSA) is 97.1 Å². The van der Waals surface area contributed by atoms with Gasteiger partial charge in [0, 0.05) is 13.1 Å². The first kappa shape index (κ1) is 16.9. The Morgan fingerprint density at radius 2 is 2.08 bits per heavy atom. The van der Waals surface area contributed by atoms with Crippen LogP contribution in [0.15, 0.2) is 24.3 Å². The number of ether oxygens (including phenoxy) is 2. The Kier molecular flexibility index (Phi) is 4.52. The van der Waals surface area contributed by atoms with Gasteiger partial charge in [-0.1, -0.05) is 6.07 Å². The minimum Gasteiger partial charge on any atom is -0.454 e. The van der Waals surface area contributed by atoms with Gasteiger partial charge < -0.3 is 24.6 Å². The summed E-state index contributed by atoms with van der Waals surface area (Å²) >= 11 is 0. The summed E-state index contributed by atoms with van der Waals surface area (Å²) in [7, 11) is 0. The van der Waals surface area contributed by atoms with Gasteiger partial charge in [-0.2, -0.15) is 5.10 Å². The lowest BCUT2D eigenvalue weighted by atomic mass is 10.1. The van der Waals surface area contributed by atoms with E-state index in [1.165, 1.54) is 0 Å². The molecule has 138 valence electrons. The Labute approximate surface area is 150 Å². The molecule has 4 rings (SSSR count). The third kappa shape index (κ3) is 3.25. The summed E-state index contributed by atoms with van der Waals surface area (Å²) < 4.78 is 12.5. The second-order valence-electron chi connectivity index (χ2n) is 6.52. The largest absolute Gasteiger partial charge is 0.454 e. The van der Waals surface area contributed by atoms with Crippen molar-refractivity contribution in [1.82, 2.24) is 14.7 Å². The maximum atomic E-state index is 12.8. The van der Waals surface area contributed by atoms with Crippen LogP contribution < -0.4 is 9.47 Å². The molecule has 26 heavy (non-hydrogen) atoms. The fourth-order valence-electron chi connectivity index (χ4n) is 3.29. The maximum Gasteiger partial charge on any atom is 0.231 e. The zero-order chi connectivity index (χ0) is 18.1. The van der Waals surface area contributed by atoms with Crippen molar-refractivity contribution < 1.29 is 24.5 Å². The molecule has 8 heteroatoms. The number of aryl methyl sites for hydroxylation is 1. The van der Waals surface area contributed by atoms with Crippen LogP contribution in [0, 0.1) is 0 Å². The number of amides is 1. The van der Waals surface area contributed by atoms with Crippen LogP contribution >= 0.6 is 0 Å². The molecule has 1 aromatic carbocycles. The van der Waals surface area contributed by atoms with Crippen molar-refractivity contribution in [2.24, 2.45) is 0 Å². The van der Waals surface area contributed by atoms with Gasteiger partial charge in [-0.15, -0.1) is 0 Å². The highest BCUT2D eigenvalue weighted by Gasteiger charge is 2.23. The van der Waals surface area contributed by atoms with Gasteiger partial charge in [0.1, 0.15) is 6.10 Å². The van der Waals surface area contributed by atoms with Gasteiger partial charge in [-0.05, 0) is 30.2 Å². The van der Waals surface area contributed by atoms with Gasteiger partial charge in [-0.3, -0.25) is 9.48 Å². The molecule has 2 aliphatic heterocycles. The zero-order valence-electron chi connectivity index (χ0n) is 14.3. The van der Waals surface area contributed by atoms with E-state index >= 15 is 0 Å². The van der Waals surface area contributed by atoms with Crippen LogP contribution in [0.25, 0.3) is 0 Å². The Morgan fingerprint density at radius 3 is 2.92 bits per heavy atom. The minimum absolute atomic E-state index is 0.0303. The van der Waals surface area contributed by atoms with E-state index in [4.69, 9.17) is 14.6 Å². The summed E-state index contributed by atoms with van der Waals surface area (Å²) in [4.78, 5) is 14.6. The highest BCUT2D eigenvalue weighted by molar-refractivity contribution is 5.79. The summed E-state index contributed by atoms with van der Waals surface area (Å²) in [5, 5.41) is 23.2. The first-order valence-electron chi connectivity index (χ1n) is 8.66. The second kappa shape index (κ2) is 6.97. The first-order valence-corrected chi connectivity index (χ1v) is 8.66. The van der Waals surface area contributed by atoms with Gasteiger partial charge >= 0.3 is 0 Å². The highest BCUT2D eigenvalue weighted by Crippen LogP contribution is 2.32. The molecule has 0 saturated heterocycles. The molecule has 1 amide bonds. The Balaban J connectivity index is 1.47. The number of nitrogens with zero attached hydrogens (tertiary/aromatic N) is 3. The molecule has 0 bridgehead atoms. The fraction of sp³-hybridized carbons (Fsp3) is 0.444. The monoisotopic (exact) mass is 359 g/mol. The highest BCUT2D eigenvalue weighted by atomic mass is 16.7. The van der Waals surface area contributed by atoms with E-state index in [-0.39, 0.29) is 25.7 Å². The summed E-state index contributed by atoms with van der Waals surface area (Å²) in [5.74, 6) is 1.41. The van der Waals surface area contributed by atoms with Crippen LogP contribution in [0.2, 0.25) is 0 Å². The number of hydrogen-bond acceptors (Lipinski definition) is 6. The van der Waals surface area contributed by atoms with Gasteiger partial charge in [0.25, 0.3) is 0 Å². The van der Waals surface area contributed by atoms with Gasteiger partial charge in [0.2, 0.25) is 12.7 Å². The average molecular weight is 359 g/mol. The molecule has 3 heterocycles. The van der Waals surface area contributed by atoms with E-state index in [0.29, 0.717) is 36.8 Å². The Morgan fingerprint density at radius 1 is 1.23 bits per heavy atom. The summed E-state index contributed by atoms with van der Waals surface area (Å²) in [6.45, 7) is 1.62. The van der Waals surface area contributed by atoms with E-state index in [1.807, 2.05) is 22.9 Å². The number of rotatable bonds is 4. The van der Waals surface area contributed by atoms with E-state index in [1.54, 1.807) is 11.0 Å². The number of aliphatic hydroxyl groups excluding tert-OH is 2. The lowest BCUT2D eigenvalue weighted by molar-refractivity contribution is -0.131. The molecule has 0 radical (unpaired) electrons. The van der Waals surface area contributed by atoms with Crippen LogP contribution in [0.1, 0.15) is 29.5 Å². The van der Waals surface area contributed by atoms with Crippen molar-refractivity contribution in [2.75, 3.05) is 19.9 Å². The van der Waals surface area contributed by atoms with Gasteiger partial charge in [0.15, 0.2) is 11.5 Å². The van der Waals surface area contributed by atoms with E-state index < -0.39 is 6.10 Å². The number of aromatic nitrogens is 2. The first-order chi connectivity index (χ1) is 12.6. The van der Waals surface area contributed by atoms with E-state index in [9.17, 15) is 9.90 Å². The minimum atomic E-state index is -0.993. The van der Waals surface area contributed by atoms with Crippen LogP contribution in [0.3, 0.4) is 0 Å². The molecule has 2 aromatic rings. The lowest BCUT2D eigenvalue weighted by Crippen LogP contribution is -2.32. The van der Waals surface area contributed by atoms with Gasteiger partial charge in [0.05, 0.1) is 31.0 Å². The normalized spacial score (nSPS) is 16.9. The number of hydrogen-bond donors (Lipinski definition) is 2. The molecule has 2 aliphatic rings. The predicted octanol–water partition coefficient (Wildman–Crippen LogP) is 0.612. The molecule has 0 saturated carbocycles. The molecule has 2 N–H and O–H groups in total. The number of benzene rings is 1. The Hall–Kier alpha value is -2.58. The molecule has 0 spiro atoms. The molecule has 1 aromatic heterocycles. The third-order valence-corrected chi connectivity index (χ3v) is 4.69. The molecular weight excluding hydrogens is 338 g/mol. The van der Waals surface area contributed by atoms with Crippen molar-refractivity contribution in [1.29, 1.82) is 0 Å². The molecular formula is C18H21N3O5. The number of aliphatic hydroxyl groups is 2. The quantitative estimate of drug-likeness (QED) is 0.830. The smallest absolute Gasteiger partial charge is 0.231 e. The van der Waals surface area contributed by atoms with Gasteiger partial charge in [-0.25, -0.2) is 0 Å². The predicted molar refractivity (Wildman–Crippen MR) is 90.6 cm³/mol. The molecule has 1 atom stereocenters. The Bertz CT molecular complexity index is 819. The van der Waals surface area contributed by atoms with Crippen molar-refractivity contribution in [3.8, 4) is 11.5 Å². The number of fused-ring (bicyclic) bond motifs is 2. The van der Waals surface area contributed by atoms with Crippen molar-refractivity contribution in [3.63, 3.8) is 0 Å². The SMILES string of the molecule is O=C(Cc1ccc2c(c1)OCO2)N1CCCn2nc([C@H](O)CO)cc2C1. The molecule has 0 unspecified atom stereocenters. The van der Waals surface area contributed by atoms with E-state index in [2.05, 4.69) is 5.10 Å². The number of carbonyl (C=O) groups is 1. The summed E-state index contributed by atoms with van der Waals surface area (Å²) in [6.07, 6.45) is 0.0832. The summed E-state index contributed by atoms with van der Waals surface area (Å²) in [5.41, 5.74) is 2.19. The lowest BCUT2D eigenvalue weighted by Gasteiger charge is -2.20. The van der Waals surface area contributed by atoms with Crippen molar-refractivity contribution in [2.45, 2.75) is 32.0 Å². The van der Waals surface area contributed by atoms with Crippen LogP contribution in [-0.2, 0) is 24.3 Å². The van der Waals surface area contributed by atoms with Crippen LogP contribution in [-0.4, -0.2) is 50.7 Å². The van der Waals surface area contributed by atoms with Crippen LogP contribution in [0.5, 0.6) is 11.5 Å². The zero-order valence-corrected chi connectivity index (χ0v) is 14.3. The molecule has 0 aliphatic carbocycles. The van der Waals surface area contributed by atoms with Crippen molar-refractivity contribution >= 4 is 5.91 Å². The standard InChI is InChI=1S/C18H21N3O5/c22-10-15(23)14-8-13-9-20(4-1-5-21(13)19-14)18(24)7-12-2-3-16-17(6-12)26-11-25-16/h2-3,6,8,15,22-23H,1,4-5,7,9-11H2/t15-/m1/s1. The third-order valence-electron chi connectivity index (χ3n) is 4.69. The van der Waals surface area contributed by atoms with E-state index in [0.717, 1.165) is 17.7 Å². The molecule has 0 fully saturated rings. The summed E-state index contributed by atoms with van der Waals surface area (Å²) in [6, 6.07) is 7.30. The maximum absolute atomic E-state index is 12.8. The second-order valence-corrected chi connectivity index (χ2v) is 6.52. The van der Waals surface area contributed by atoms with Crippen LogP contribution in [0.4, 0.5) is 0 Å². The molecule has 8 nitrogen and oxygen atoms in total. The number of carbonyl (C=O) groups excluding carboxylic acids is 1.